The number of carbonyl (C=O) groups is 2. The van der Waals surface area contributed by atoms with Gasteiger partial charge in [-0.25, -0.2) is 9.59 Å². The molecule has 6 nitrogen and oxygen atoms in total. The van der Waals surface area contributed by atoms with Crippen molar-refractivity contribution in [3.63, 3.8) is 0 Å². The highest BCUT2D eigenvalue weighted by Gasteiger charge is 2.27. The number of carboxylic acid groups (broad SMARTS) is 2. The zero-order valence-electron chi connectivity index (χ0n) is 12.4. The summed E-state index contributed by atoms with van der Waals surface area (Å²) in [6.07, 6.45) is 0. The highest BCUT2D eigenvalue weighted by Crippen LogP contribution is 2.38. The van der Waals surface area contributed by atoms with Gasteiger partial charge in [0.15, 0.2) is 0 Å². The number of carboxylic acids is 2. The third-order valence-electron chi connectivity index (χ3n) is 3.65. The molecule has 0 aliphatic heterocycles. The third-order valence-corrected chi connectivity index (χ3v) is 3.65. The molecule has 3 aromatic rings. The van der Waals surface area contributed by atoms with Gasteiger partial charge in [-0.15, -0.1) is 0 Å². The molecule has 2 aromatic carbocycles. The third kappa shape index (κ3) is 2.61. The van der Waals surface area contributed by atoms with Gasteiger partial charge in [0.25, 0.3) is 0 Å². The molecule has 0 aliphatic rings. The topological polar surface area (TPSA) is 111 Å². The molecule has 0 saturated carbocycles. The molecule has 1 heterocycles. The number of hydrogen-bond acceptors (Lipinski definition) is 3. The van der Waals surface area contributed by atoms with E-state index in [2.05, 4.69) is 4.98 Å². The van der Waals surface area contributed by atoms with Gasteiger partial charge in [-0.2, -0.15) is 0 Å². The summed E-state index contributed by atoms with van der Waals surface area (Å²) in [4.78, 5) is 25.7. The van der Waals surface area contributed by atoms with Crippen molar-refractivity contribution in [1.82, 2.24) is 4.98 Å². The minimum Gasteiger partial charge on any atom is -0.508 e. The summed E-state index contributed by atoms with van der Waals surface area (Å²) in [6, 6.07) is 14.6. The van der Waals surface area contributed by atoms with Gasteiger partial charge in [0.1, 0.15) is 17.1 Å². The smallest absolute Gasteiger partial charge is 0.352 e. The number of aromatic carboxylic acids is 2. The fraction of sp³-hybridized carbons (Fsp3) is 0. The van der Waals surface area contributed by atoms with Crippen LogP contribution in [0.25, 0.3) is 22.3 Å². The first-order valence-electron chi connectivity index (χ1n) is 7.06. The largest absolute Gasteiger partial charge is 0.508 e. The second-order valence-electron chi connectivity index (χ2n) is 5.15. The summed E-state index contributed by atoms with van der Waals surface area (Å²) in [5.41, 5.74) is 1.24. The second kappa shape index (κ2) is 5.92. The lowest BCUT2D eigenvalue weighted by molar-refractivity contribution is 0.0690. The number of H-pyrrole nitrogens is 1. The van der Waals surface area contributed by atoms with Crippen LogP contribution in [-0.4, -0.2) is 32.2 Å². The van der Waals surface area contributed by atoms with Crippen molar-refractivity contribution in [1.29, 1.82) is 0 Å². The van der Waals surface area contributed by atoms with Crippen molar-refractivity contribution in [2.75, 3.05) is 0 Å². The molecule has 0 unspecified atom stereocenters. The van der Waals surface area contributed by atoms with Crippen LogP contribution in [0.2, 0.25) is 0 Å². The molecule has 1 aromatic heterocycles. The summed E-state index contributed by atoms with van der Waals surface area (Å²) < 4.78 is 0. The van der Waals surface area contributed by atoms with Crippen molar-refractivity contribution in [2.45, 2.75) is 0 Å². The molecule has 0 spiro atoms. The number of phenolic OH excluding ortho intramolecular Hbond substituents is 1. The van der Waals surface area contributed by atoms with Crippen LogP contribution in [0.1, 0.15) is 21.0 Å². The van der Waals surface area contributed by atoms with Crippen LogP contribution in [0.15, 0.2) is 54.6 Å². The Labute approximate surface area is 136 Å². The van der Waals surface area contributed by atoms with Crippen molar-refractivity contribution >= 4 is 11.9 Å². The number of nitrogens with one attached hydrogen (secondary N) is 1. The van der Waals surface area contributed by atoms with Gasteiger partial charge in [0, 0.05) is 11.1 Å². The monoisotopic (exact) mass is 323 g/mol. The molecule has 0 aliphatic carbocycles. The summed E-state index contributed by atoms with van der Waals surface area (Å²) in [5, 5.41) is 28.4. The number of benzene rings is 2. The molecule has 6 heteroatoms. The minimum absolute atomic E-state index is 0.0332. The number of rotatable bonds is 4. The van der Waals surface area contributed by atoms with Gasteiger partial charge in [-0.05, 0) is 23.3 Å². The molecule has 4 N–H and O–H groups in total. The molecule has 3 rings (SSSR count). The van der Waals surface area contributed by atoms with Crippen LogP contribution in [0, 0.1) is 0 Å². The number of aromatic amines is 1. The first kappa shape index (κ1) is 15.4. The van der Waals surface area contributed by atoms with Gasteiger partial charge in [0.05, 0.1) is 0 Å². The number of aromatic nitrogens is 1. The molecule has 120 valence electrons. The summed E-state index contributed by atoms with van der Waals surface area (Å²) >= 11 is 0. The lowest BCUT2D eigenvalue weighted by Crippen LogP contribution is -2.01. The van der Waals surface area contributed by atoms with Crippen LogP contribution in [0.3, 0.4) is 0 Å². The lowest BCUT2D eigenvalue weighted by atomic mass is 9.94. The summed E-state index contributed by atoms with van der Waals surface area (Å²) in [5.74, 6) is -2.48. The number of phenols is 1. The van der Waals surface area contributed by atoms with E-state index in [-0.39, 0.29) is 22.7 Å². The van der Waals surface area contributed by atoms with Crippen molar-refractivity contribution in [3.05, 3.63) is 66.0 Å². The first-order valence-corrected chi connectivity index (χ1v) is 7.06. The summed E-state index contributed by atoms with van der Waals surface area (Å²) in [7, 11) is 0. The van der Waals surface area contributed by atoms with Crippen molar-refractivity contribution < 1.29 is 24.9 Å². The van der Waals surface area contributed by atoms with Crippen molar-refractivity contribution in [3.8, 4) is 28.0 Å². The predicted molar refractivity (Wildman–Crippen MR) is 87.2 cm³/mol. The van der Waals surface area contributed by atoms with Gasteiger partial charge in [-0.1, -0.05) is 42.5 Å². The Morgan fingerprint density at radius 2 is 1.17 bits per heavy atom. The maximum Gasteiger partial charge on any atom is 0.352 e. The first-order chi connectivity index (χ1) is 11.5. The Morgan fingerprint density at radius 1 is 0.708 bits per heavy atom. The van der Waals surface area contributed by atoms with E-state index in [1.807, 2.05) is 0 Å². The Morgan fingerprint density at radius 3 is 1.62 bits per heavy atom. The van der Waals surface area contributed by atoms with Crippen LogP contribution in [-0.2, 0) is 0 Å². The van der Waals surface area contributed by atoms with E-state index in [4.69, 9.17) is 0 Å². The fourth-order valence-electron chi connectivity index (χ4n) is 2.63. The SMILES string of the molecule is O=C(O)c1[nH]c(C(=O)O)c(-c2ccc(O)cc2)c1-c1ccccc1. The Bertz CT molecular complexity index is 911. The Kier molecular flexibility index (Phi) is 3.79. The zero-order chi connectivity index (χ0) is 17.3. The molecular weight excluding hydrogens is 310 g/mol. The molecular formula is C18H13NO5. The molecule has 0 atom stereocenters. The molecule has 0 saturated heterocycles. The highest BCUT2D eigenvalue weighted by molar-refractivity contribution is 6.07. The molecule has 0 radical (unpaired) electrons. The van der Waals surface area contributed by atoms with Gasteiger partial charge >= 0.3 is 11.9 Å². The number of hydrogen-bond donors (Lipinski definition) is 4. The predicted octanol–water partition coefficient (Wildman–Crippen LogP) is 3.45. The normalized spacial score (nSPS) is 10.5. The Balaban J connectivity index is 2.38. The van der Waals surface area contributed by atoms with Crippen LogP contribution >= 0.6 is 0 Å². The van der Waals surface area contributed by atoms with E-state index < -0.39 is 11.9 Å². The Hall–Kier alpha value is -3.54. The van der Waals surface area contributed by atoms with Gasteiger partial charge < -0.3 is 20.3 Å². The van der Waals surface area contributed by atoms with E-state index in [0.717, 1.165) is 0 Å². The van der Waals surface area contributed by atoms with E-state index in [1.54, 1.807) is 42.5 Å². The fourth-order valence-corrected chi connectivity index (χ4v) is 2.63. The van der Waals surface area contributed by atoms with Gasteiger partial charge in [-0.3, -0.25) is 0 Å². The minimum atomic E-state index is -1.26. The van der Waals surface area contributed by atoms with Crippen LogP contribution < -0.4 is 0 Å². The van der Waals surface area contributed by atoms with E-state index in [9.17, 15) is 24.9 Å². The highest BCUT2D eigenvalue weighted by atomic mass is 16.4. The van der Waals surface area contributed by atoms with Crippen LogP contribution in [0.4, 0.5) is 0 Å². The van der Waals surface area contributed by atoms with Crippen LogP contribution in [0.5, 0.6) is 5.75 Å². The molecule has 0 bridgehead atoms. The maximum atomic E-state index is 11.6. The average Bonchev–Trinajstić information content (AvgIpc) is 2.97. The molecule has 0 fully saturated rings. The van der Waals surface area contributed by atoms with Crippen molar-refractivity contribution in [2.24, 2.45) is 0 Å². The molecule has 0 amide bonds. The average molecular weight is 323 g/mol. The number of aromatic hydroxyl groups is 1. The lowest BCUT2D eigenvalue weighted by Gasteiger charge is -2.07. The second-order valence-corrected chi connectivity index (χ2v) is 5.15. The zero-order valence-corrected chi connectivity index (χ0v) is 12.4. The summed E-state index contributed by atoms with van der Waals surface area (Å²) in [6.45, 7) is 0. The maximum absolute atomic E-state index is 11.6. The quantitative estimate of drug-likeness (QED) is 0.588. The van der Waals surface area contributed by atoms with Gasteiger partial charge in [0.2, 0.25) is 0 Å². The van der Waals surface area contributed by atoms with E-state index >= 15 is 0 Å². The molecule has 24 heavy (non-hydrogen) atoms. The standard InChI is InChI=1S/C18H13NO5/c20-12-8-6-11(7-9-12)14-13(10-4-2-1-3-5-10)15(17(21)22)19-16(14)18(23)24/h1-9,19-20H,(H,21,22)(H,23,24). The van der Waals surface area contributed by atoms with E-state index in [1.165, 1.54) is 12.1 Å². The van der Waals surface area contributed by atoms with E-state index in [0.29, 0.717) is 16.7 Å².